The van der Waals surface area contributed by atoms with Crippen LogP contribution in [0.5, 0.6) is 5.75 Å². The lowest BCUT2D eigenvalue weighted by Gasteiger charge is -2.08. The molecule has 0 fully saturated rings. The second-order valence-electron chi connectivity index (χ2n) is 4.27. The number of para-hydroxylation sites is 2. The van der Waals surface area contributed by atoms with E-state index in [0.717, 1.165) is 10.7 Å². The fourth-order valence-corrected chi connectivity index (χ4v) is 2.25. The lowest BCUT2D eigenvalue weighted by Crippen LogP contribution is -2.24. The van der Waals surface area contributed by atoms with Crippen LogP contribution >= 0.6 is 11.3 Å². The second-order valence-corrected chi connectivity index (χ2v) is 5.33. The molecular weight excluding hydrogens is 274 g/mol. The summed E-state index contributed by atoms with van der Waals surface area (Å²) in [4.78, 5) is 15.9. The van der Waals surface area contributed by atoms with E-state index >= 15 is 0 Å². The van der Waals surface area contributed by atoms with Gasteiger partial charge in [0.25, 0.3) is 0 Å². The lowest BCUT2D eigenvalue weighted by molar-refractivity contribution is -0.121. The quantitative estimate of drug-likeness (QED) is 0.799. The van der Waals surface area contributed by atoms with Gasteiger partial charge < -0.3 is 15.8 Å². The summed E-state index contributed by atoms with van der Waals surface area (Å²) in [6, 6.07) is 7.23. The normalized spacial score (nSPS) is 10.2. The van der Waals surface area contributed by atoms with Crippen LogP contribution in [0.2, 0.25) is 0 Å². The zero-order valence-corrected chi connectivity index (χ0v) is 12.1. The highest BCUT2D eigenvalue weighted by Gasteiger charge is 2.05. The second kappa shape index (κ2) is 6.91. The first kappa shape index (κ1) is 14.3. The van der Waals surface area contributed by atoms with Crippen LogP contribution in [0.25, 0.3) is 0 Å². The maximum atomic E-state index is 11.7. The van der Waals surface area contributed by atoms with Crippen LogP contribution in [-0.4, -0.2) is 17.5 Å². The molecule has 1 aromatic heterocycles. The minimum atomic E-state index is -0.0647. The summed E-state index contributed by atoms with van der Waals surface area (Å²) in [7, 11) is 0. The van der Waals surface area contributed by atoms with Crippen molar-refractivity contribution in [1.29, 1.82) is 0 Å². The van der Waals surface area contributed by atoms with Crippen molar-refractivity contribution in [1.82, 2.24) is 10.3 Å². The van der Waals surface area contributed by atoms with Crippen molar-refractivity contribution < 1.29 is 9.53 Å². The third-order valence-electron chi connectivity index (χ3n) is 2.64. The number of hydrogen-bond donors (Lipinski definition) is 2. The van der Waals surface area contributed by atoms with E-state index in [4.69, 9.17) is 10.5 Å². The summed E-state index contributed by atoms with van der Waals surface area (Å²) in [5.41, 5.74) is 7.20. The van der Waals surface area contributed by atoms with E-state index in [-0.39, 0.29) is 12.3 Å². The molecule has 106 valence electrons. The Balaban J connectivity index is 1.69. The van der Waals surface area contributed by atoms with Gasteiger partial charge in [0.2, 0.25) is 5.91 Å². The van der Waals surface area contributed by atoms with Gasteiger partial charge >= 0.3 is 0 Å². The van der Waals surface area contributed by atoms with Crippen molar-refractivity contribution in [3.8, 4) is 5.75 Å². The highest BCUT2D eigenvalue weighted by Crippen LogP contribution is 2.19. The van der Waals surface area contributed by atoms with Crippen molar-refractivity contribution in [2.75, 3.05) is 12.3 Å². The molecule has 0 atom stereocenters. The number of carbonyl (C=O) groups excluding carboxylic acids is 1. The Morgan fingerprint density at radius 2 is 2.25 bits per heavy atom. The molecule has 0 unspecified atom stereocenters. The van der Waals surface area contributed by atoms with Gasteiger partial charge in [-0.3, -0.25) is 4.79 Å². The fraction of sp³-hybridized carbons (Fsp3) is 0.286. The van der Waals surface area contributed by atoms with E-state index in [0.29, 0.717) is 24.6 Å². The van der Waals surface area contributed by atoms with Crippen molar-refractivity contribution >= 4 is 22.9 Å². The van der Waals surface area contributed by atoms with Crippen molar-refractivity contribution in [3.05, 3.63) is 40.3 Å². The Morgan fingerprint density at radius 3 is 2.95 bits per heavy atom. The summed E-state index contributed by atoms with van der Waals surface area (Å²) < 4.78 is 5.46. The predicted molar refractivity (Wildman–Crippen MR) is 79.7 cm³/mol. The van der Waals surface area contributed by atoms with Gasteiger partial charge in [0, 0.05) is 5.38 Å². The van der Waals surface area contributed by atoms with Crippen LogP contribution in [-0.2, 0) is 11.3 Å². The van der Waals surface area contributed by atoms with Gasteiger partial charge in [0.1, 0.15) is 5.75 Å². The van der Waals surface area contributed by atoms with Gasteiger partial charge in [-0.05, 0) is 19.1 Å². The van der Waals surface area contributed by atoms with Crippen molar-refractivity contribution in [2.24, 2.45) is 0 Å². The predicted octanol–water partition coefficient (Wildman–Crippen LogP) is 2.12. The highest BCUT2D eigenvalue weighted by molar-refractivity contribution is 7.09. The third kappa shape index (κ3) is 4.24. The number of carbonyl (C=O) groups is 1. The van der Waals surface area contributed by atoms with E-state index in [9.17, 15) is 4.79 Å². The highest BCUT2D eigenvalue weighted by atomic mass is 32.1. The number of aromatic nitrogens is 1. The summed E-state index contributed by atoms with van der Waals surface area (Å²) in [5, 5.41) is 5.75. The Hall–Kier alpha value is -2.08. The van der Waals surface area contributed by atoms with Crippen LogP contribution in [0.15, 0.2) is 29.6 Å². The molecule has 1 heterocycles. The number of ether oxygens (including phenoxy) is 1. The number of thiazole rings is 1. The number of rotatable bonds is 6. The first-order valence-electron chi connectivity index (χ1n) is 6.30. The topological polar surface area (TPSA) is 77.2 Å². The SMILES string of the molecule is Cc1nc(CNC(=O)CCOc2ccccc2N)cs1. The number of nitrogens with zero attached hydrogens (tertiary/aromatic N) is 1. The Bertz CT molecular complexity index is 583. The van der Waals surface area contributed by atoms with E-state index in [1.165, 1.54) is 0 Å². The summed E-state index contributed by atoms with van der Waals surface area (Å²) in [6.45, 7) is 2.70. The van der Waals surface area contributed by atoms with Gasteiger partial charge in [0.05, 0.1) is 36.0 Å². The number of nitrogens with two attached hydrogens (primary N) is 1. The molecule has 20 heavy (non-hydrogen) atoms. The van der Waals surface area contributed by atoms with Crippen LogP contribution in [0.3, 0.4) is 0 Å². The molecule has 0 aliphatic carbocycles. The molecule has 6 heteroatoms. The molecule has 0 spiro atoms. The first-order chi connectivity index (χ1) is 9.65. The standard InChI is InChI=1S/C14H17N3O2S/c1-10-17-11(9-20-10)8-16-14(18)6-7-19-13-5-3-2-4-12(13)15/h2-5,9H,6-8,15H2,1H3,(H,16,18). The molecule has 2 aromatic rings. The average molecular weight is 291 g/mol. The Morgan fingerprint density at radius 1 is 1.45 bits per heavy atom. The Labute approximate surface area is 121 Å². The van der Waals surface area contributed by atoms with Gasteiger partial charge in [-0.1, -0.05) is 12.1 Å². The molecule has 0 aliphatic rings. The van der Waals surface area contributed by atoms with E-state index < -0.39 is 0 Å². The fourth-order valence-electron chi connectivity index (χ4n) is 1.63. The number of nitrogens with one attached hydrogen (secondary N) is 1. The molecule has 0 saturated carbocycles. The number of hydrogen-bond acceptors (Lipinski definition) is 5. The van der Waals surface area contributed by atoms with E-state index in [2.05, 4.69) is 10.3 Å². The monoisotopic (exact) mass is 291 g/mol. The van der Waals surface area contributed by atoms with E-state index in [1.807, 2.05) is 24.4 Å². The molecule has 3 N–H and O–H groups in total. The number of nitrogen functional groups attached to an aromatic ring is 1. The molecule has 0 aliphatic heterocycles. The number of anilines is 1. The third-order valence-corrected chi connectivity index (χ3v) is 3.46. The Kier molecular flexibility index (Phi) is 4.95. The van der Waals surface area contributed by atoms with Crippen molar-refractivity contribution in [2.45, 2.75) is 19.9 Å². The minimum Gasteiger partial charge on any atom is -0.491 e. The smallest absolute Gasteiger partial charge is 0.223 e. The molecule has 0 radical (unpaired) electrons. The van der Waals surface area contributed by atoms with Crippen LogP contribution < -0.4 is 15.8 Å². The lowest BCUT2D eigenvalue weighted by atomic mass is 10.3. The minimum absolute atomic E-state index is 0.0647. The van der Waals surface area contributed by atoms with Crippen LogP contribution in [0, 0.1) is 6.92 Å². The average Bonchev–Trinajstić information content (AvgIpc) is 2.84. The first-order valence-corrected chi connectivity index (χ1v) is 7.18. The van der Waals surface area contributed by atoms with E-state index in [1.54, 1.807) is 23.5 Å². The zero-order chi connectivity index (χ0) is 14.4. The van der Waals surface area contributed by atoms with Crippen LogP contribution in [0.4, 0.5) is 5.69 Å². The molecule has 1 aromatic carbocycles. The summed E-state index contributed by atoms with van der Waals surface area (Å²) in [5.74, 6) is 0.542. The largest absolute Gasteiger partial charge is 0.491 e. The molecule has 1 amide bonds. The zero-order valence-electron chi connectivity index (χ0n) is 11.3. The maximum Gasteiger partial charge on any atom is 0.223 e. The molecular formula is C14H17N3O2S. The van der Waals surface area contributed by atoms with Crippen molar-refractivity contribution in [3.63, 3.8) is 0 Å². The molecule has 0 saturated heterocycles. The number of benzene rings is 1. The molecule has 2 rings (SSSR count). The van der Waals surface area contributed by atoms with Gasteiger partial charge in [0.15, 0.2) is 0 Å². The summed E-state index contributed by atoms with van der Waals surface area (Å²) in [6.07, 6.45) is 0.289. The number of amides is 1. The number of aryl methyl sites for hydroxylation is 1. The van der Waals surface area contributed by atoms with Crippen LogP contribution in [0.1, 0.15) is 17.1 Å². The molecule has 0 bridgehead atoms. The summed E-state index contributed by atoms with van der Waals surface area (Å²) >= 11 is 1.57. The maximum absolute atomic E-state index is 11.7. The van der Waals surface area contributed by atoms with Gasteiger partial charge in [-0.15, -0.1) is 11.3 Å². The van der Waals surface area contributed by atoms with Gasteiger partial charge in [-0.25, -0.2) is 4.98 Å². The molecule has 5 nitrogen and oxygen atoms in total. The van der Waals surface area contributed by atoms with Gasteiger partial charge in [-0.2, -0.15) is 0 Å².